The van der Waals surface area contributed by atoms with E-state index in [9.17, 15) is 29.2 Å². The number of likely N-dealkylation sites (tertiary alicyclic amines) is 1. The van der Waals surface area contributed by atoms with E-state index in [1.807, 2.05) is 74.5 Å². The lowest BCUT2D eigenvalue weighted by Gasteiger charge is -2.33. The number of unbranched alkanes of at least 4 members (excludes halogenated alkanes) is 1. The summed E-state index contributed by atoms with van der Waals surface area (Å²) in [5.41, 5.74) is 14.6. The molecule has 2 aromatic rings. The maximum atomic E-state index is 14.0. The highest BCUT2D eigenvalue weighted by Gasteiger charge is 2.33. The molecule has 1 aliphatic heterocycles. The molecule has 0 aromatic heterocycles. The largest absolute Gasteiger partial charge is 0.480 e. The fourth-order valence-corrected chi connectivity index (χ4v) is 6.22. The van der Waals surface area contributed by atoms with Crippen molar-refractivity contribution < 1.29 is 29.2 Å². The topological polar surface area (TPSA) is 188 Å². The van der Waals surface area contributed by atoms with E-state index in [1.165, 1.54) is 5.98 Å². The summed E-state index contributed by atoms with van der Waals surface area (Å²) in [7, 11) is -1.53. The van der Waals surface area contributed by atoms with Crippen LogP contribution in [0.15, 0.2) is 72.2 Å². The summed E-state index contributed by atoms with van der Waals surface area (Å²) in [6.45, 7) is 5.22. The van der Waals surface area contributed by atoms with Gasteiger partial charge >= 0.3 is 7.12 Å². The van der Waals surface area contributed by atoms with Gasteiger partial charge in [-0.1, -0.05) is 86.1 Å². The van der Waals surface area contributed by atoms with Gasteiger partial charge in [0.2, 0.25) is 17.7 Å². The summed E-state index contributed by atoms with van der Waals surface area (Å²) in [6, 6.07) is 16.3. The van der Waals surface area contributed by atoms with Crippen molar-refractivity contribution >= 4 is 30.6 Å². The third-order valence-electron chi connectivity index (χ3n) is 8.86. The van der Waals surface area contributed by atoms with Crippen LogP contribution in [-0.2, 0) is 32.0 Å². The Balaban J connectivity index is 1.76. The number of amides is 3. The number of carbonyl (C=O) groups is 4. The molecule has 0 unspecified atom stereocenters. The molecule has 1 aliphatic rings. The Kier molecular flexibility index (Phi) is 16.7. The van der Waals surface area contributed by atoms with E-state index in [4.69, 9.17) is 11.5 Å². The maximum absolute atomic E-state index is 14.0. The van der Waals surface area contributed by atoms with E-state index in [0.717, 1.165) is 16.7 Å². The zero-order chi connectivity index (χ0) is 35.8. The van der Waals surface area contributed by atoms with E-state index in [0.29, 0.717) is 64.6 Å². The minimum Gasteiger partial charge on any atom is -0.424 e. The average molecular weight is 676 g/mol. The fourth-order valence-electron chi connectivity index (χ4n) is 6.22. The molecule has 3 rings (SSSR count). The number of benzene rings is 2. The van der Waals surface area contributed by atoms with Crippen LogP contribution in [-0.4, -0.2) is 83.3 Å². The molecule has 11 nitrogen and oxygen atoms in total. The van der Waals surface area contributed by atoms with Crippen LogP contribution in [0.4, 0.5) is 0 Å². The van der Waals surface area contributed by atoms with Gasteiger partial charge in [0, 0.05) is 25.4 Å². The predicted octanol–water partition coefficient (Wildman–Crippen LogP) is 2.08. The summed E-state index contributed by atoms with van der Waals surface area (Å²) in [5, 5.41) is 24.4. The van der Waals surface area contributed by atoms with Crippen molar-refractivity contribution in [2.45, 2.75) is 89.8 Å². The molecule has 266 valence electrons. The molecule has 3 amide bonds. The Labute approximate surface area is 291 Å². The van der Waals surface area contributed by atoms with Gasteiger partial charge in [0.15, 0.2) is 5.78 Å². The van der Waals surface area contributed by atoms with Crippen molar-refractivity contribution in [1.29, 1.82) is 0 Å². The number of carbonyl (C=O) groups excluding carboxylic acids is 4. The van der Waals surface area contributed by atoms with Crippen LogP contribution < -0.4 is 22.1 Å². The van der Waals surface area contributed by atoms with Crippen LogP contribution in [0.2, 0.25) is 0 Å². The molecule has 8 N–H and O–H groups in total. The molecule has 49 heavy (non-hydrogen) atoms. The van der Waals surface area contributed by atoms with Gasteiger partial charge in [0.1, 0.15) is 6.04 Å². The zero-order valence-corrected chi connectivity index (χ0v) is 28.9. The molecule has 0 bridgehead atoms. The molecule has 4 atom stereocenters. The number of rotatable bonds is 19. The molecule has 12 heteroatoms. The van der Waals surface area contributed by atoms with E-state index in [1.54, 1.807) is 4.90 Å². The van der Waals surface area contributed by atoms with E-state index < -0.39 is 37.1 Å². The van der Waals surface area contributed by atoms with E-state index in [2.05, 4.69) is 10.6 Å². The van der Waals surface area contributed by atoms with Gasteiger partial charge in [-0.25, -0.2) is 0 Å². The van der Waals surface area contributed by atoms with Crippen molar-refractivity contribution in [2.75, 3.05) is 19.6 Å². The smallest absolute Gasteiger partial charge is 0.424 e. The lowest BCUT2D eigenvalue weighted by atomic mass is 9.85. The van der Waals surface area contributed by atoms with Gasteiger partial charge in [0.25, 0.3) is 0 Å². The normalized spacial score (nSPS) is 15.6. The van der Waals surface area contributed by atoms with Gasteiger partial charge in [0.05, 0.1) is 12.1 Å². The SMILES string of the molecule is CC(C)C[C@@H](CC(=O)[C@@H](Cc1ccccc1)NC(=O)[C@H](N)Cc1ccccc1)C(=O)N[C@H](CCCCN)C(=O)N1CCC(=CB(O)O)CC1. The Hall–Kier alpha value is -3.84. The van der Waals surface area contributed by atoms with Crippen molar-refractivity contribution in [3.63, 3.8) is 0 Å². The monoisotopic (exact) mass is 675 g/mol. The van der Waals surface area contributed by atoms with Crippen molar-refractivity contribution in [1.82, 2.24) is 15.5 Å². The van der Waals surface area contributed by atoms with Gasteiger partial charge in [-0.2, -0.15) is 0 Å². The molecule has 1 fully saturated rings. The third kappa shape index (κ3) is 13.9. The molecule has 0 spiro atoms. The number of nitrogens with two attached hydrogens (primary N) is 2. The van der Waals surface area contributed by atoms with Crippen LogP contribution in [0.1, 0.15) is 69.9 Å². The van der Waals surface area contributed by atoms with Crippen LogP contribution in [0, 0.1) is 11.8 Å². The average Bonchev–Trinajstić information content (AvgIpc) is 3.07. The zero-order valence-electron chi connectivity index (χ0n) is 28.9. The molecular weight excluding hydrogens is 621 g/mol. The number of piperidine rings is 1. The Morgan fingerprint density at radius 3 is 1.98 bits per heavy atom. The highest BCUT2D eigenvalue weighted by atomic mass is 16.4. The van der Waals surface area contributed by atoms with Gasteiger partial charge in [-0.05, 0) is 75.0 Å². The Morgan fingerprint density at radius 2 is 1.43 bits per heavy atom. The second kappa shape index (κ2) is 20.6. The van der Waals surface area contributed by atoms with Crippen LogP contribution in [0.3, 0.4) is 0 Å². The fraction of sp³-hybridized carbons (Fsp3) is 0.514. The number of nitrogens with one attached hydrogen (secondary N) is 2. The third-order valence-corrected chi connectivity index (χ3v) is 8.86. The van der Waals surface area contributed by atoms with Gasteiger partial charge < -0.3 is 37.0 Å². The summed E-state index contributed by atoms with van der Waals surface area (Å²) in [4.78, 5) is 56.5. The number of hydrogen-bond donors (Lipinski definition) is 6. The molecule has 0 aliphatic carbocycles. The summed E-state index contributed by atoms with van der Waals surface area (Å²) >= 11 is 0. The second-order valence-corrected chi connectivity index (χ2v) is 13.5. The molecule has 1 heterocycles. The van der Waals surface area contributed by atoms with Crippen LogP contribution in [0.25, 0.3) is 0 Å². The first-order valence-electron chi connectivity index (χ1n) is 17.5. The van der Waals surface area contributed by atoms with Crippen molar-refractivity contribution in [2.24, 2.45) is 23.3 Å². The van der Waals surface area contributed by atoms with Crippen LogP contribution >= 0.6 is 0 Å². The summed E-state index contributed by atoms with van der Waals surface area (Å²) < 4.78 is 0. The Morgan fingerprint density at radius 1 is 0.857 bits per heavy atom. The van der Waals surface area contributed by atoms with Gasteiger partial charge in [-0.3, -0.25) is 19.2 Å². The number of ketones is 1. The summed E-state index contributed by atoms with van der Waals surface area (Å²) in [5.74, 6) is -0.540. The standard InChI is InChI=1S/C37H54BN5O6/c1-26(2)21-30(35(45)41-32(15-9-10-18-39)37(47)43-19-16-29(17-20-43)25-38(48)49)24-34(44)33(23-28-13-7-4-8-14-28)42-36(46)31(40)22-27-11-5-3-6-12-27/h3-8,11-14,25-26,30-33,48-49H,9-10,15-24,39-40H2,1-2H3,(H,41,45)(H,42,46)/t30-,31+,32+,33+/m0/s1. The maximum Gasteiger partial charge on any atom is 0.480 e. The summed E-state index contributed by atoms with van der Waals surface area (Å²) in [6.07, 6.45) is 3.65. The van der Waals surface area contributed by atoms with Crippen molar-refractivity contribution in [3.05, 3.63) is 83.3 Å². The highest BCUT2D eigenvalue weighted by Crippen LogP contribution is 2.21. The van der Waals surface area contributed by atoms with Gasteiger partial charge in [-0.15, -0.1) is 0 Å². The molecule has 1 saturated heterocycles. The lowest BCUT2D eigenvalue weighted by Crippen LogP contribution is -2.52. The minimum atomic E-state index is -1.53. The first-order valence-corrected chi connectivity index (χ1v) is 17.5. The quantitative estimate of drug-likeness (QED) is 0.0965. The number of hydrogen-bond acceptors (Lipinski definition) is 8. The van der Waals surface area contributed by atoms with Crippen molar-refractivity contribution in [3.8, 4) is 0 Å². The molecule has 2 aromatic carbocycles. The first-order chi connectivity index (χ1) is 23.5. The number of Topliss-reactive ketones (excluding diaryl/α,β-unsaturated/α-hetero) is 1. The lowest BCUT2D eigenvalue weighted by molar-refractivity contribution is -0.139. The predicted molar refractivity (Wildman–Crippen MR) is 192 cm³/mol. The van der Waals surface area contributed by atoms with E-state index >= 15 is 0 Å². The first kappa shape index (κ1) is 39.6. The molecular formula is C37H54BN5O6. The Bertz CT molecular complexity index is 1360. The number of nitrogens with zero attached hydrogens (tertiary/aromatic N) is 1. The van der Waals surface area contributed by atoms with Crippen LogP contribution in [0.5, 0.6) is 0 Å². The molecule has 0 saturated carbocycles. The minimum absolute atomic E-state index is 0.0885. The second-order valence-electron chi connectivity index (χ2n) is 13.5. The highest BCUT2D eigenvalue weighted by molar-refractivity contribution is 6.47. The molecule has 0 radical (unpaired) electrons. The van der Waals surface area contributed by atoms with E-state index in [-0.39, 0.29) is 36.4 Å².